The van der Waals surface area contributed by atoms with Crippen LogP contribution in [0.3, 0.4) is 0 Å². The van der Waals surface area contributed by atoms with Gasteiger partial charge in [0, 0.05) is 23.7 Å². The fourth-order valence-electron chi connectivity index (χ4n) is 4.27. The number of hydrogen-bond donors (Lipinski definition) is 1. The summed E-state index contributed by atoms with van der Waals surface area (Å²) in [5.74, 6) is 0.723. The molecule has 0 radical (unpaired) electrons. The van der Waals surface area contributed by atoms with E-state index in [2.05, 4.69) is 4.98 Å². The quantitative estimate of drug-likeness (QED) is 0.292. The number of benzene rings is 2. The van der Waals surface area contributed by atoms with Gasteiger partial charge in [0.25, 0.3) is 5.56 Å². The van der Waals surface area contributed by atoms with Crippen LogP contribution < -0.4 is 20.3 Å². The summed E-state index contributed by atoms with van der Waals surface area (Å²) in [6.45, 7) is -0.352. The van der Waals surface area contributed by atoms with Gasteiger partial charge in [-0.1, -0.05) is 36.4 Å². The Hall–Kier alpha value is -2.29. The van der Waals surface area contributed by atoms with Gasteiger partial charge in [0.15, 0.2) is 0 Å². The first-order valence-corrected chi connectivity index (χ1v) is 15.7. The summed E-state index contributed by atoms with van der Waals surface area (Å²) in [6, 6.07) is 13.9. The van der Waals surface area contributed by atoms with Crippen molar-refractivity contribution in [2.75, 3.05) is 6.61 Å². The van der Waals surface area contributed by atoms with Gasteiger partial charge in [-0.15, -0.1) is 0 Å². The van der Waals surface area contributed by atoms with Gasteiger partial charge in [-0.05, 0) is 34.7 Å². The number of fused-ring (bicyclic) bond motifs is 2. The van der Waals surface area contributed by atoms with Crippen LogP contribution in [-0.4, -0.2) is 28.4 Å². The minimum absolute atomic E-state index is 0.000506. The Kier molecular flexibility index (Phi) is 7.31. The number of hydrogen-bond acceptors (Lipinski definition) is 11. The summed E-state index contributed by atoms with van der Waals surface area (Å²) in [6.07, 6.45) is -1.60. The lowest BCUT2D eigenvalue weighted by Gasteiger charge is -2.29. The molecule has 1 aromatic heterocycles. The van der Waals surface area contributed by atoms with E-state index in [0.29, 0.717) is 22.6 Å². The number of H-pyrrole nitrogens is 1. The standard InChI is InChI=1S/C23H21IN2O11P2/c24-16-10-26(23(28)25-22(16)27)21-9-19(37-39(30)32-12-15-6-2-4-8-18(15)36-39)20(34-21)13-33-38(29)31-11-14-5-1-3-7-17(14)35-38/h1-8,10,19-21H,9,11-13H2,(H,25,27,28)/t19-,20+,21+,38?,39?/m0/s1. The predicted octanol–water partition coefficient (Wildman–Crippen LogP) is 4.27. The fraction of sp³-hybridized carbons (Fsp3) is 0.304. The number of aromatic nitrogens is 2. The first-order chi connectivity index (χ1) is 18.7. The van der Waals surface area contributed by atoms with Gasteiger partial charge in [0.05, 0.1) is 23.4 Å². The summed E-state index contributed by atoms with van der Waals surface area (Å²) in [5, 5.41) is 0. The molecular weight excluding hydrogens is 669 g/mol. The van der Waals surface area contributed by atoms with Gasteiger partial charge < -0.3 is 13.8 Å². The second kappa shape index (κ2) is 10.6. The number of halogens is 1. The molecule has 39 heavy (non-hydrogen) atoms. The summed E-state index contributed by atoms with van der Waals surface area (Å²) in [4.78, 5) is 26.6. The Labute approximate surface area is 234 Å². The maximum absolute atomic E-state index is 13.4. The maximum Gasteiger partial charge on any atom is 0.530 e. The highest BCUT2D eigenvalue weighted by Gasteiger charge is 2.47. The lowest BCUT2D eigenvalue weighted by Crippen LogP contribution is -2.33. The topological polar surface area (TPSA) is 154 Å². The van der Waals surface area contributed by atoms with Gasteiger partial charge in [0.2, 0.25) is 0 Å². The Morgan fingerprint density at radius 2 is 1.56 bits per heavy atom. The monoisotopic (exact) mass is 690 g/mol. The Bertz CT molecular complexity index is 1630. The average molecular weight is 690 g/mol. The van der Waals surface area contributed by atoms with Gasteiger partial charge in [-0.25, -0.2) is 13.9 Å². The summed E-state index contributed by atoms with van der Waals surface area (Å²) >= 11 is 1.79. The van der Waals surface area contributed by atoms with Crippen molar-refractivity contribution >= 4 is 38.2 Å². The molecule has 0 amide bonds. The SMILES string of the molecule is O=c1[nH]c(=O)n([C@H]2C[C@H](OP3(=O)OCc4ccccc4O3)[C@@H](COP3(=O)OCc4ccccc4O3)O2)cc1I. The first-order valence-electron chi connectivity index (χ1n) is 11.7. The van der Waals surface area contributed by atoms with Gasteiger partial charge in [0.1, 0.15) is 29.9 Å². The third-order valence-corrected chi connectivity index (χ3v) is 9.69. The van der Waals surface area contributed by atoms with E-state index in [-0.39, 0.29) is 29.8 Å². The number of phosphoric acid groups is 2. The second-order valence-electron chi connectivity index (χ2n) is 8.79. The summed E-state index contributed by atoms with van der Waals surface area (Å²) < 4.78 is 67.3. The fourth-order valence-corrected chi connectivity index (χ4v) is 7.35. The minimum Gasteiger partial charge on any atom is -0.404 e. The zero-order chi connectivity index (χ0) is 27.2. The number of para-hydroxylation sites is 2. The van der Waals surface area contributed by atoms with Crippen molar-refractivity contribution < 1.29 is 41.0 Å². The van der Waals surface area contributed by atoms with Crippen LogP contribution in [0.15, 0.2) is 64.3 Å². The number of phosphoric ester groups is 2. The van der Waals surface area contributed by atoms with Crippen molar-refractivity contribution in [2.24, 2.45) is 0 Å². The van der Waals surface area contributed by atoms with Crippen molar-refractivity contribution in [2.45, 2.75) is 38.1 Å². The summed E-state index contributed by atoms with van der Waals surface area (Å²) in [7, 11) is -8.14. The third-order valence-electron chi connectivity index (χ3n) is 6.20. The molecule has 4 heterocycles. The molecule has 3 aromatic rings. The van der Waals surface area contributed by atoms with Crippen LogP contribution in [0, 0.1) is 3.57 Å². The van der Waals surface area contributed by atoms with Crippen LogP contribution in [0.1, 0.15) is 23.8 Å². The van der Waals surface area contributed by atoms with E-state index >= 15 is 0 Å². The highest BCUT2D eigenvalue weighted by Crippen LogP contribution is 2.58. The molecule has 1 N–H and O–H groups in total. The van der Waals surface area contributed by atoms with Crippen molar-refractivity contribution in [3.05, 3.63) is 90.3 Å². The molecule has 3 aliphatic heterocycles. The van der Waals surface area contributed by atoms with Crippen LogP contribution >= 0.6 is 38.2 Å². The van der Waals surface area contributed by atoms with Crippen LogP contribution in [0.5, 0.6) is 11.5 Å². The van der Waals surface area contributed by atoms with E-state index in [0.717, 1.165) is 0 Å². The Balaban J connectivity index is 1.23. The molecule has 6 rings (SSSR count). The molecule has 206 valence electrons. The molecule has 5 atom stereocenters. The normalized spacial score (nSPS) is 29.6. The Morgan fingerprint density at radius 3 is 2.26 bits per heavy atom. The van der Waals surface area contributed by atoms with Crippen LogP contribution in [-0.2, 0) is 45.2 Å². The smallest absolute Gasteiger partial charge is 0.404 e. The lowest BCUT2D eigenvalue weighted by molar-refractivity contribution is -0.0475. The molecule has 13 nitrogen and oxygen atoms in total. The zero-order valence-corrected chi connectivity index (χ0v) is 23.9. The molecule has 3 aliphatic rings. The van der Waals surface area contributed by atoms with Crippen LogP contribution in [0.25, 0.3) is 0 Å². The molecule has 2 unspecified atom stereocenters. The minimum atomic E-state index is -4.11. The number of ether oxygens (including phenoxy) is 1. The van der Waals surface area contributed by atoms with E-state index < -0.39 is 45.3 Å². The highest BCUT2D eigenvalue weighted by atomic mass is 127. The molecule has 0 aliphatic carbocycles. The van der Waals surface area contributed by atoms with E-state index in [1.807, 2.05) is 0 Å². The van der Waals surface area contributed by atoms with Gasteiger partial charge in [-0.3, -0.25) is 32.4 Å². The molecular formula is C23H21IN2O11P2. The first kappa shape index (κ1) is 26.9. The van der Waals surface area contributed by atoms with Crippen molar-refractivity contribution in [1.82, 2.24) is 9.55 Å². The van der Waals surface area contributed by atoms with Crippen LogP contribution in [0.4, 0.5) is 0 Å². The van der Waals surface area contributed by atoms with Gasteiger partial charge in [-0.2, -0.15) is 0 Å². The second-order valence-corrected chi connectivity index (χ2v) is 13.1. The van der Waals surface area contributed by atoms with Crippen molar-refractivity contribution in [3.63, 3.8) is 0 Å². The molecule has 1 saturated heterocycles. The van der Waals surface area contributed by atoms with Crippen molar-refractivity contribution in [1.29, 1.82) is 0 Å². The van der Waals surface area contributed by atoms with Crippen molar-refractivity contribution in [3.8, 4) is 11.5 Å². The van der Waals surface area contributed by atoms with E-state index in [4.69, 9.17) is 31.9 Å². The average Bonchev–Trinajstić information content (AvgIpc) is 3.31. The Morgan fingerprint density at radius 1 is 0.949 bits per heavy atom. The largest absolute Gasteiger partial charge is 0.530 e. The number of rotatable bonds is 6. The van der Waals surface area contributed by atoms with Crippen LogP contribution in [0.2, 0.25) is 0 Å². The third kappa shape index (κ3) is 5.66. The highest BCUT2D eigenvalue weighted by molar-refractivity contribution is 14.1. The van der Waals surface area contributed by atoms with E-state index in [1.54, 1.807) is 71.1 Å². The van der Waals surface area contributed by atoms with E-state index in [9.17, 15) is 18.7 Å². The predicted molar refractivity (Wildman–Crippen MR) is 142 cm³/mol. The number of nitrogens with one attached hydrogen (secondary N) is 1. The van der Waals surface area contributed by atoms with E-state index in [1.165, 1.54) is 10.8 Å². The molecule has 16 heteroatoms. The molecule has 2 aromatic carbocycles. The molecule has 0 saturated carbocycles. The number of aromatic amines is 1. The summed E-state index contributed by atoms with van der Waals surface area (Å²) in [5.41, 5.74) is 0.162. The zero-order valence-electron chi connectivity index (χ0n) is 20.0. The molecule has 0 spiro atoms. The number of nitrogens with zero attached hydrogens (tertiary/aromatic N) is 1. The lowest BCUT2D eigenvalue weighted by atomic mass is 10.2. The molecule has 0 bridgehead atoms. The van der Waals surface area contributed by atoms with Gasteiger partial charge >= 0.3 is 21.3 Å². The molecule has 1 fully saturated rings. The maximum atomic E-state index is 13.4.